The molecule has 0 radical (unpaired) electrons. The molecule has 2 aromatic heterocycles. The van der Waals surface area contributed by atoms with Crippen LogP contribution in [0.3, 0.4) is 0 Å². The minimum Gasteiger partial charge on any atom is -0.460 e. The summed E-state index contributed by atoms with van der Waals surface area (Å²) in [7, 11) is 0. The number of hydrogen-bond acceptors (Lipinski definition) is 6. The number of thiazole rings is 1. The molecule has 1 fully saturated rings. The molecule has 3 rings (SSSR count). The Bertz CT molecular complexity index is 813. The Morgan fingerprint density at radius 1 is 1.20 bits per heavy atom. The summed E-state index contributed by atoms with van der Waals surface area (Å²) in [5.74, 6) is 1.29. The minimum atomic E-state index is -0.446. The topological polar surface area (TPSA) is 42.4 Å². The third kappa shape index (κ3) is 6.81. The van der Waals surface area contributed by atoms with Crippen LogP contribution in [0.2, 0.25) is 0 Å². The maximum absolute atomic E-state index is 12.3. The molecule has 0 amide bonds. The quantitative estimate of drug-likeness (QED) is 0.417. The van der Waals surface area contributed by atoms with Gasteiger partial charge in [0.25, 0.3) is 0 Å². The van der Waals surface area contributed by atoms with Crippen molar-refractivity contribution in [2.75, 3.05) is 11.4 Å². The standard InChI is InChI=1S/C24H36N2O2S2/c1-6-19-11-12-20(30-19)15-26(14-13-22(27)28-24(3,4)5)23-25-21(16-29-23)18-9-7-17(2)8-10-18/h11-12,16-18H,6-10,13-15H2,1-5H3/t17-,18-. The molecular weight excluding hydrogens is 412 g/mol. The van der Waals surface area contributed by atoms with Gasteiger partial charge < -0.3 is 9.64 Å². The van der Waals surface area contributed by atoms with Gasteiger partial charge in [-0.2, -0.15) is 0 Å². The highest BCUT2D eigenvalue weighted by molar-refractivity contribution is 7.14. The summed E-state index contributed by atoms with van der Waals surface area (Å²) in [6.07, 6.45) is 6.52. The smallest absolute Gasteiger partial charge is 0.308 e. The summed E-state index contributed by atoms with van der Waals surface area (Å²) in [6.45, 7) is 11.7. The lowest BCUT2D eigenvalue weighted by atomic mass is 9.82. The van der Waals surface area contributed by atoms with Gasteiger partial charge >= 0.3 is 5.97 Å². The van der Waals surface area contributed by atoms with E-state index in [1.165, 1.54) is 41.1 Å². The summed E-state index contributed by atoms with van der Waals surface area (Å²) >= 11 is 3.57. The zero-order chi connectivity index (χ0) is 21.7. The van der Waals surface area contributed by atoms with Crippen LogP contribution in [-0.2, 0) is 22.5 Å². The average molecular weight is 449 g/mol. The number of carbonyl (C=O) groups excluding carboxylic acids is 1. The normalized spacial score (nSPS) is 19.6. The number of ether oxygens (including phenoxy) is 1. The molecule has 0 aliphatic heterocycles. The Labute approximate surface area is 189 Å². The van der Waals surface area contributed by atoms with Crippen LogP contribution in [-0.4, -0.2) is 23.1 Å². The third-order valence-corrected chi connectivity index (χ3v) is 7.77. The predicted molar refractivity (Wildman–Crippen MR) is 128 cm³/mol. The van der Waals surface area contributed by atoms with Crippen molar-refractivity contribution in [1.82, 2.24) is 4.98 Å². The van der Waals surface area contributed by atoms with Crippen molar-refractivity contribution in [1.29, 1.82) is 0 Å². The van der Waals surface area contributed by atoms with Crippen molar-refractivity contribution < 1.29 is 9.53 Å². The minimum absolute atomic E-state index is 0.147. The first-order chi connectivity index (χ1) is 14.2. The molecule has 166 valence electrons. The highest BCUT2D eigenvalue weighted by atomic mass is 32.1. The zero-order valence-electron chi connectivity index (χ0n) is 19.1. The summed E-state index contributed by atoms with van der Waals surface area (Å²) in [4.78, 5) is 22.3. The number of aromatic nitrogens is 1. The number of carbonyl (C=O) groups is 1. The first-order valence-corrected chi connectivity index (χ1v) is 12.9. The molecule has 4 nitrogen and oxygen atoms in total. The first kappa shape index (κ1) is 23.3. The van der Waals surface area contributed by atoms with Gasteiger partial charge in [0.1, 0.15) is 5.60 Å². The molecule has 2 heterocycles. The van der Waals surface area contributed by atoms with Crippen molar-refractivity contribution >= 4 is 33.8 Å². The number of nitrogens with zero attached hydrogens (tertiary/aromatic N) is 2. The van der Waals surface area contributed by atoms with Crippen LogP contribution in [0.4, 0.5) is 5.13 Å². The SMILES string of the molecule is CCc1ccc(CN(CCC(=O)OC(C)(C)C)c2nc([C@H]3CC[C@H](C)CC3)cs2)s1. The maximum Gasteiger partial charge on any atom is 0.308 e. The largest absolute Gasteiger partial charge is 0.460 e. The Hall–Kier alpha value is -1.40. The van der Waals surface area contributed by atoms with Gasteiger partial charge in [0.05, 0.1) is 18.7 Å². The fourth-order valence-corrected chi connectivity index (χ4v) is 5.82. The second kappa shape index (κ2) is 10.3. The lowest BCUT2D eigenvalue weighted by Crippen LogP contribution is -2.29. The van der Waals surface area contributed by atoms with E-state index in [1.54, 1.807) is 11.3 Å². The second-order valence-corrected chi connectivity index (χ2v) is 11.6. The van der Waals surface area contributed by atoms with Crippen molar-refractivity contribution in [3.05, 3.63) is 33.0 Å². The molecule has 1 saturated carbocycles. The Morgan fingerprint density at radius 2 is 1.90 bits per heavy atom. The van der Waals surface area contributed by atoms with E-state index in [0.717, 1.165) is 24.0 Å². The lowest BCUT2D eigenvalue weighted by Gasteiger charge is -2.25. The highest BCUT2D eigenvalue weighted by Gasteiger charge is 2.24. The summed E-state index contributed by atoms with van der Waals surface area (Å²) < 4.78 is 5.53. The molecule has 6 heteroatoms. The number of hydrogen-bond donors (Lipinski definition) is 0. The van der Waals surface area contributed by atoms with Crippen molar-refractivity contribution in [2.45, 2.75) is 91.2 Å². The first-order valence-electron chi connectivity index (χ1n) is 11.2. The van der Waals surface area contributed by atoms with E-state index in [1.807, 2.05) is 32.1 Å². The summed E-state index contributed by atoms with van der Waals surface area (Å²) in [5.41, 5.74) is 0.794. The van der Waals surface area contributed by atoms with Crippen LogP contribution in [0.15, 0.2) is 17.5 Å². The Kier molecular flexibility index (Phi) is 7.97. The highest BCUT2D eigenvalue weighted by Crippen LogP contribution is 2.37. The lowest BCUT2D eigenvalue weighted by molar-refractivity contribution is -0.154. The van der Waals surface area contributed by atoms with Gasteiger partial charge in [0.15, 0.2) is 5.13 Å². The van der Waals surface area contributed by atoms with Gasteiger partial charge in [0.2, 0.25) is 0 Å². The Morgan fingerprint density at radius 3 is 2.53 bits per heavy atom. The number of thiophene rings is 1. The molecule has 0 unspecified atom stereocenters. The van der Waals surface area contributed by atoms with Crippen LogP contribution < -0.4 is 4.90 Å². The molecule has 0 atom stereocenters. The Balaban J connectivity index is 1.70. The fourth-order valence-electron chi connectivity index (χ4n) is 3.91. The molecule has 1 aliphatic carbocycles. The van der Waals surface area contributed by atoms with Gasteiger partial charge in [-0.05, 0) is 58.1 Å². The van der Waals surface area contributed by atoms with E-state index in [0.29, 0.717) is 18.9 Å². The average Bonchev–Trinajstić information content (AvgIpc) is 3.34. The molecular formula is C24H36N2O2S2. The molecule has 1 aliphatic rings. The van der Waals surface area contributed by atoms with E-state index in [-0.39, 0.29) is 5.97 Å². The van der Waals surface area contributed by atoms with Crippen LogP contribution in [0, 0.1) is 5.92 Å². The molecule has 2 aromatic rings. The number of esters is 1. The van der Waals surface area contributed by atoms with Gasteiger partial charge in [-0.25, -0.2) is 4.98 Å². The molecule has 0 N–H and O–H groups in total. The maximum atomic E-state index is 12.3. The van der Waals surface area contributed by atoms with Crippen LogP contribution in [0.1, 0.15) is 88.1 Å². The number of rotatable bonds is 8. The second-order valence-electron chi connectivity index (χ2n) is 9.49. The van der Waals surface area contributed by atoms with Crippen molar-refractivity contribution in [2.24, 2.45) is 5.92 Å². The monoisotopic (exact) mass is 448 g/mol. The molecule has 0 spiro atoms. The van der Waals surface area contributed by atoms with Gasteiger partial charge in [-0.15, -0.1) is 22.7 Å². The van der Waals surface area contributed by atoms with Crippen LogP contribution in [0.5, 0.6) is 0 Å². The van der Waals surface area contributed by atoms with E-state index in [2.05, 4.69) is 36.3 Å². The summed E-state index contributed by atoms with van der Waals surface area (Å²) in [6, 6.07) is 4.42. The van der Waals surface area contributed by atoms with E-state index in [4.69, 9.17) is 9.72 Å². The third-order valence-electron chi connectivity index (χ3n) is 5.63. The van der Waals surface area contributed by atoms with Gasteiger partial charge in [-0.3, -0.25) is 4.79 Å². The van der Waals surface area contributed by atoms with Crippen molar-refractivity contribution in [3.8, 4) is 0 Å². The number of anilines is 1. The molecule has 30 heavy (non-hydrogen) atoms. The van der Waals surface area contributed by atoms with E-state index >= 15 is 0 Å². The van der Waals surface area contributed by atoms with Gasteiger partial charge in [-0.1, -0.05) is 26.7 Å². The number of aryl methyl sites for hydroxylation is 1. The predicted octanol–water partition coefficient (Wildman–Crippen LogP) is 6.80. The van der Waals surface area contributed by atoms with E-state index < -0.39 is 5.60 Å². The van der Waals surface area contributed by atoms with Crippen molar-refractivity contribution in [3.63, 3.8) is 0 Å². The van der Waals surface area contributed by atoms with Crippen LogP contribution in [0.25, 0.3) is 0 Å². The van der Waals surface area contributed by atoms with E-state index in [9.17, 15) is 4.79 Å². The van der Waals surface area contributed by atoms with Crippen LogP contribution >= 0.6 is 22.7 Å². The fraction of sp³-hybridized carbons (Fsp3) is 0.667. The summed E-state index contributed by atoms with van der Waals surface area (Å²) in [5, 5.41) is 3.26. The molecule has 0 aromatic carbocycles. The van der Waals surface area contributed by atoms with Gasteiger partial charge in [0, 0.05) is 27.6 Å². The molecule has 0 bridgehead atoms. The zero-order valence-corrected chi connectivity index (χ0v) is 20.7. The molecule has 0 saturated heterocycles.